The molecule has 4 nitrogen and oxygen atoms in total. The molecule has 2 aliphatic rings. The molecular formula is C13H21NO3. The van der Waals surface area contributed by atoms with Gasteiger partial charge in [0.05, 0.1) is 0 Å². The van der Waals surface area contributed by atoms with Gasteiger partial charge in [0.1, 0.15) is 6.04 Å². The third-order valence-electron chi connectivity index (χ3n) is 3.73. The lowest BCUT2D eigenvalue weighted by molar-refractivity contribution is -0.142. The monoisotopic (exact) mass is 239 g/mol. The number of carbonyl (C=O) groups is 2. The molecule has 2 fully saturated rings. The molecule has 0 aromatic rings. The molecule has 3 atom stereocenters. The standard InChI is InChI=1S/C13H21NO3/c1-7(2)5-11(13(16)17)14-12(15)10-6-9(10)8-3-4-8/h7-11H,3-6H2,1-2H3,(H,14,15)(H,16,17)/t9?,10?,11-/m1/s1. The van der Waals surface area contributed by atoms with E-state index in [2.05, 4.69) is 5.32 Å². The zero-order valence-corrected chi connectivity index (χ0v) is 10.5. The molecule has 2 unspecified atom stereocenters. The van der Waals surface area contributed by atoms with Gasteiger partial charge in [-0.25, -0.2) is 4.79 Å². The lowest BCUT2D eigenvalue weighted by Crippen LogP contribution is -2.42. The normalized spacial score (nSPS) is 28.9. The van der Waals surface area contributed by atoms with Gasteiger partial charge in [-0.2, -0.15) is 0 Å². The van der Waals surface area contributed by atoms with E-state index in [1.54, 1.807) is 0 Å². The minimum Gasteiger partial charge on any atom is -0.480 e. The average molecular weight is 239 g/mol. The third kappa shape index (κ3) is 3.20. The van der Waals surface area contributed by atoms with Gasteiger partial charge in [0.25, 0.3) is 0 Å². The Balaban J connectivity index is 1.81. The van der Waals surface area contributed by atoms with Crippen LogP contribution in [-0.4, -0.2) is 23.0 Å². The number of carboxylic acid groups (broad SMARTS) is 1. The molecule has 0 spiro atoms. The first kappa shape index (κ1) is 12.4. The maximum Gasteiger partial charge on any atom is 0.326 e. The van der Waals surface area contributed by atoms with Gasteiger partial charge in [-0.05, 0) is 43.4 Å². The average Bonchev–Trinajstić information content (AvgIpc) is 3.06. The highest BCUT2D eigenvalue weighted by molar-refractivity contribution is 5.86. The minimum atomic E-state index is -0.921. The largest absolute Gasteiger partial charge is 0.480 e. The van der Waals surface area contributed by atoms with Crippen LogP contribution in [0.25, 0.3) is 0 Å². The maximum atomic E-state index is 11.9. The number of carbonyl (C=O) groups excluding carboxylic acids is 1. The van der Waals surface area contributed by atoms with E-state index in [1.807, 2.05) is 13.8 Å². The number of carboxylic acids is 1. The summed E-state index contributed by atoms with van der Waals surface area (Å²) < 4.78 is 0. The van der Waals surface area contributed by atoms with Gasteiger partial charge in [0.15, 0.2) is 0 Å². The van der Waals surface area contributed by atoms with Gasteiger partial charge in [-0.15, -0.1) is 0 Å². The van der Waals surface area contributed by atoms with E-state index in [9.17, 15) is 9.59 Å². The molecule has 17 heavy (non-hydrogen) atoms. The lowest BCUT2D eigenvalue weighted by Gasteiger charge is -2.16. The summed E-state index contributed by atoms with van der Waals surface area (Å²) in [5.41, 5.74) is 0. The van der Waals surface area contributed by atoms with Crippen LogP contribution < -0.4 is 5.32 Å². The highest BCUT2D eigenvalue weighted by Gasteiger charge is 2.51. The van der Waals surface area contributed by atoms with Gasteiger partial charge >= 0.3 is 5.97 Å². The van der Waals surface area contributed by atoms with Crippen molar-refractivity contribution in [1.82, 2.24) is 5.32 Å². The Bertz CT molecular complexity index is 323. The summed E-state index contributed by atoms with van der Waals surface area (Å²) in [7, 11) is 0. The van der Waals surface area contributed by atoms with Crippen LogP contribution >= 0.6 is 0 Å². The van der Waals surface area contributed by atoms with Gasteiger partial charge < -0.3 is 10.4 Å². The molecule has 2 aliphatic carbocycles. The fourth-order valence-electron chi connectivity index (χ4n) is 2.53. The van der Waals surface area contributed by atoms with E-state index in [1.165, 1.54) is 12.8 Å². The molecule has 96 valence electrons. The molecule has 0 aromatic heterocycles. The summed E-state index contributed by atoms with van der Waals surface area (Å²) in [6.45, 7) is 3.93. The fraction of sp³-hybridized carbons (Fsp3) is 0.846. The van der Waals surface area contributed by atoms with Crippen LogP contribution in [0.2, 0.25) is 0 Å². The summed E-state index contributed by atoms with van der Waals surface area (Å²) in [6.07, 6.45) is 3.97. The summed E-state index contributed by atoms with van der Waals surface area (Å²) in [5.74, 6) is 0.694. The van der Waals surface area contributed by atoms with Gasteiger partial charge in [-0.1, -0.05) is 13.8 Å². The summed E-state index contributed by atoms with van der Waals surface area (Å²) in [6, 6.07) is -0.719. The number of hydrogen-bond acceptors (Lipinski definition) is 2. The van der Waals surface area contributed by atoms with Crippen LogP contribution in [0.4, 0.5) is 0 Å². The summed E-state index contributed by atoms with van der Waals surface area (Å²) in [4.78, 5) is 22.9. The summed E-state index contributed by atoms with van der Waals surface area (Å²) in [5, 5.41) is 11.7. The fourth-order valence-corrected chi connectivity index (χ4v) is 2.53. The van der Waals surface area contributed by atoms with E-state index in [-0.39, 0.29) is 17.7 Å². The second kappa shape index (κ2) is 4.67. The molecule has 2 saturated carbocycles. The molecule has 1 amide bonds. The van der Waals surface area contributed by atoms with Crippen LogP contribution in [0.3, 0.4) is 0 Å². The second-order valence-corrected chi connectivity index (χ2v) is 5.87. The van der Waals surface area contributed by atoms with E-state index in [4.69, 9.17) is 5.11 Å². The molecule has 0 aromatic carbocycles. The maximum absolute atomic E-state index is 11.9. The van der Waals surface area contributed by atoms with Crippen molar-refractivity contribution in [3.63, 3.8) is 0 Å². The molecule has 0 saturated heterocycles. The van der Waals surface area contributed by atoms with Crippen molar-refractivity contribution in [2.45, 2.75) is 45.6 Å². The van der Waals surface area contributed by atoms with Gasteiger partial charge in [-0.3, -0.25) is 4.79 Å². The van der Waals surface area contributed by atoms with Gasteiger partial charge in [0.2, 0.25) is 5.91 Å². The number of rotatable bonds is 6. The molecule has 2 rings (SSSR count). The summed E-state index contributed by atoms with van der Waals surface area (Å²) >= 11 is 0. The van der Waals surface area contributed by atoms with Crippen molar-refractivity contribution in [3.8, 4) is 0 Å². The Hall–Kier alpha value is -1.06. The van der Waals surface area contributed by atoms with Crippen LogP contribution in [0.5, 0.6) is 0 Å². The lowest BCUT2D eigenvalue weighted by atomic mass is 10.0. The molecule has 2 N–H and O–H groups in total. The van der Waals surface area contributed by atoms with Crippen molar-refractivity contribution in [2.75, 3.05) is 0 Å². The Kier molecular flexibility index (Phi) is 3.40. The SMILES string of the molecule is CC(C)C[C@@H](NC(=O)C1CC1C1CC1)C(=O)O. The number of hydrogen-bond donors (Lipinski definition) is 2. The molecule has 0 heterocycles. The minimum absolute atomic E-state index is 0.0463. The smallest absolute Gasteiger partial charge is 0.326 e. The first-order valence-electron chi connectivity index (χ1n) is 6.52. The Morgan fingerprint density at radius 1 is 1.35 bits per heavy atom. The van der Waals surface area contributed by atoms with Crippen molar-refractivity contribution in [3.05, 3.63) is 0 Å². The quantitative estimate of drug-likeness (QED) is 0.740. The van der Waals surface area contributed by atoms with Crippen molar-refractivity contribution < 1.29 is 14.7 Å². The topological polar surface area (TPSA) is 66.4 Å². The molecule has 0 radical (unpaired) electrons. The van der Waals surface area contributed by atoms with E-state index in [0.29, 0.717) is 12.3 Å². The highest BCUT2D eigenvalue weighted by Crippen LogP contribution is 2.54. The van der Waals surface area contributed by atoms with Crippen molar-refractivity contribution in [2.24, 2.45) is 23.7 Å². The van der Waals surface area contributed by atoms with Crippen LogP contribution in [-0.2, 0) is 9.59 Å². The van der Waals surface area contributed by atoms with E-state index in [0.717, 1.165) is 12.3 Å². The second-order valence-electron chi connectivity index (χ2n) is 5.87. The Morgan fingerprint density at radius 2 is 2.00 bits per heavy atom. The van der Waals surface area contributed by atoms with Crippen LogP contribution in [0.15, 0.2) is 0 Å². The van der Waals surface area contributed by atoms with E-state index >= 15 is 0 Å². The number of nitrogens with one attached hydrogen (secondary N) is 1. The third-order valence-corrected chi connectivity index (χ3v) is 3.73. The highest BCUT2D eigenvalue weighted by atomic mass is 16.4. The van der Waals surface area contributed by atoms with Gasteiger partial charge in [0, 0.05) is 5.92 Å². The first-order chi connectivity index (χ1) is 7.99. The zero-order chi connectivity index (χ0) is 12.6. The van der Waals surface area contributed by atoms with Crippen LogP contribution in [0.1, 0.15) is 39.5 Å². The number of amides is 1. The Labute approximate surface area is 102 Å². The molecule has 0 aliphatic heterocycles. The molecule has 0 bridgehead atoms. The first-order valence-corrected chi connectivity index (χ1v) is 6.52. The zero-order valence-electron chi connectivity index (χ0n) is 10.5. The molecule has 4 heteroatoms. The molecular weight excluding hydrogens is 218 g/mol. The Morgan fingerprint density at radius 3 is 2.47 bits per heavy atom. The van der Waals surface area contributed by atoms with Crippen LogP contribution in [0, 0.1) is 23.7 Å². The predicted octanol–water partition coefficient (Wildman–Crippen LogP) is 1.65. The predicted molar refractivity (Wildman–Crippen MR) is 63.3 cm³/mol. The van der Waals surface area contributed by atoms with Crippen molar-refractivity contribution in [1.29, 1.82) is 0 Å². The van der Waals surface area contributed by atoms with E-state index < -0.39 is 12.0 Å². The van der Waals surface area contributed by atoms with Crippen molar-refractivity contribution >= 4 is 11.9 Å². The number of aliphatic carboxylic acids is 1.